The van der Waals surface area contributed by atoms with Gasteiger partial charge in [-0.15, -0.1) is 5.10 Å². The molecule has 0 unspecified atom stereocenters. The first-order valence-corrected chi connectivity index (χ1v) is 7.90. The summed E-state index contributed by atoms with van der Waals surface area (Å²) in [4.78, 5) is 4.37. The zero-order valence-electron chi connectivity index (χ0n) is 13.6. The predicted octanol–water partition coefficient (Wildman–Crippen LogP) is 2.83. The molecule has 3 aromatic rings. The molecule has 4 rings (SSSR count). The Morgan fingerprint density at radius 3 is 2.92 bits per heavy atom. The van der Waals surface area contributed by atoms with E-state index in [1.807, 2.05) is 24.3 Å². The van der Waals surface area contributed by atoms with E-state index in [1.165, 1.54) is 6.20 Å². The van der Waals surface area contributed by atoms with Crippen LogP contribution in [0, 0.1) is 11.3 Å². The molecule has 2 N–H and O–H groups in total. The lowest BCUT2D eigenvalue weighted by Gasteiger charge is -2.09. The first-order valence-electron chi connectivity index (χ1n) is 7.90. The highest BCUT2D eigenvalue weighted by molar-refractivity contribution is 5.64. The molecule has 2 heterocycles. The molecule has 0 saturated heterocycles. The van der Waals surface area contributed by atoms with Crippen LogP contribution in [0.25, 0.3) is 0 Å². The Balaban J connectivity index is 1.45. The minimum Gasteiger partial charge on any atom is -0.454 e. The smallest absolute Gasteiger partial charge is 0.244 e. The van der Waals surface area contributed by atoms with E-state index in [9.17, 15) is 0 Å². The maximum atomic E-state index is 9.16. The molecule has 0 fully saturated rings. The number of rotatable bonds is 5. The Morgan fingerprint density at radius 1 is 1.12 bits per heavy atom. The van der Waals surface area contributed by atoms with Gasteiger partial charge in [0.2, 0.25) is 12.7 Å². The molecular weight excluding hydrogens is 332 g/mol. The number of fused-ring (bicyclic) bond motifs is 1. The molecular formula is C18H14N6O2. The van der Waals surface area contributed by atoms with Crippen molar-refractivity contribution in [3.63, 3.8) is 0 Å². The quantitative estimate of drug-likeness (QED) is 0.726. The molecule has 8 nitrogen and oxygen atoms in total. The first kappa shape index (κ1) is 15.7. The lowest BCUT2D eigenvalue weighted by molar-refractivity contribution is 0.174. The van der Waals surface area contributed by atoms with E-state index in [4.69, 9.17) is 14.7 Å². The van der Waals surface area contributed by atoms with E-state index in [2.05, 4.69) is 31.9 Å². The number of nitrogens with one attached hydrogen (secondary N) is 2. The van der Waals surface area contributed by atoms with Gasteiger partial charge >= 0.3 is 0 Å². The highest BCUT2D eigenvalue weighted by Gasteiger charge is 2.13. The van der Waals surface area contributed by atoms with Crippen LogP contribution in [0.15, 0.2) is 48.7 Å². The Morgan fingerprint density at radius 2 is 2.00 bits per heavy atom. The van der Waals surface area contributed by atoms with Crippen molar-refractivity contribution in [1.29, 1.82) is 5.26 Å². The third-order valence-electron chi connectivity index (χ3n) is 3.76. The van der Waals surface area contributed by atoms with Crippen molar-refractivity contribution in [3.8, 4) is 17.6 Å². The first-order chi connectivity index (χ1) is 12.8. The number of hydrogen-bond donors (Lipinski definition) is 2. The number of ether oxygens (including phenoxy) is 2. The van der Waals surface area contributed by atoms with Crippen LogP contribution in [0.3, 0.4) is 0 Å². The van der Waals surface area contributed by atoms with E-state index in [0.717, 1.165) is 17.1 Å². The standard InChI is InChI=1S/C18H14N6O2/c19-8-13-3-1-2-4-14(13)22-17-10-21-24-18(23-17)20-9-12-5-6-15-16(7-12)26-11-25-15/h1-7,10H,9,11H2,(H2,20,22,23,24). The molecule has 2 aromatic carbocycles. The van der Waals surface area contributed by atoms with Crippen molar-refractivity contribution in [2.75, 3.05) is 17.4 Å². The number of nitrogens with zero attached hydrogens (tertiary/aromatic N) is 4. The fourth-order valence-electron chi connectivity index (χ4n) is 2.50. The van der Waals surface area contributed by atoms with Gasteiger partial charge < -0.3 is 20.1 Å². The Hall–Kier alpha value is -3.86. The van der Waals surface area contributed by atoms with Gasteiger partial charge in [0.05, 0.1) is 17.4 Å². The van der Waals surface area contributed by atoms with Crippen molar-refractivity contribution in [2.45, 2.75) is 6.54 Å². The summed E-state index contributed by atoms with van der Waals surface area (Å²) in [5.41, 5.74) is 2.20. The third kappa shape index (κ3) is 3.32. The zero-order valence-corrected chi connectivity index (χ0v) is 13.6. The fraction of sp³-hybridized carbons (Fsp3) is 0.111. The fourth-order valence-corrected chi connectivity index (χ4v) is 2.50. The van der Waals surface area contributed by atoms with Crippen LogP contribution in [0.1, 0.15) is 11.1 Å². The summed E-state index contributed by atoms with van der Waals surface area (Å²) in [5, 5.41) is 23.3. The van der Waals surface area contributed by atoms with Crippen molar-refractivity contribution >= 4 is 17.5 Å². The van der Waals surface area contributed by atoms with Gasteiger partial charge in [0, 0.05) is 6.54 Å². The van der Waals surface area contributed by atoms with E-state index in [-0.39, 0.29) is 6.79 Å². The maximum Gasteiger partial charge on any atom is 0.244 e. The molecule has 128 valence electrons. The Kier molecular flexibility index (Phi) is 4.18. The molecule has 0 atom stereocenters. The minimum absolute atomic E-state index is 0.247. The summed E-state index contributed by atoms with van der Waals surface area (Å²) < 4.78 is 10.7. The number of anilines is 3. The summed E-state index contributed by atoms with van der Waals surface area (Å²) in [7, 11) is 0. The lowest BCUT2D eigenvalue weighted by Crippen LogP contribution is -2.06. The molecule has 0 aliphatic carbocycles. The number of nitriles is 1. The number of benzene rings is 2. The van der Waals surface area contributed by atoms with Crippen LogP contribution in [-0.4, -0.2) is 22.0 Å². The van der Waals surface area contributed by atoms with Gasteiger partial charge in [-0.2, -0.15) is 15.3 Å². The van der Waals surface area contributed by atoms with Gasteiger partial charge in [0.1, 0.15) is 6.07 Å². The van der Waals surface area contributed by atoms with Crippen LogP contribution >= 0.6 is 0 Å². The minimum atomic E-state index is 0.247. The second-order valence-corrected chi connectivity index (χ2v) is 5.49. The molecule has 1 aliphatic heterocycles. The molecule has 1 aromatic heterocycles. The summed E-state index contributed by atoms with van der Waals surface area (Å²) >= 11 is 0. The monoisotopic (exact) mass is 346 g/mol. The molecule has 1 aliphatic rings. The molecule has 0 radical (unpaired) electrons. The SMILES string of the molecule is N#Cc1ccccc1Nc1cnnc(NCc2ccc3c(c2)OCO3)n1. The molecule has 26 heavy (non-hydrogen) atoms. The molecule has 8 heteroatoms. The van der Waals surface area contributed by atoms with Crippen LogP contribution in [0.5, 0.6) is 11.5 Å². The molecule has 0 spiro atoms. The average Bonchev–Trinajstić information content (AvgIpc) is 3.15. The number of para-hydroxylation sites is 1. The van der Waals surface area contributed by atoms with E-state index < -0.39 is 0 Å². The third-order valence-corrected chi connectivity index (χ3v) is 3.76. The molecule has 0 bridgehead atoms. The van der Waals surface area contributed by atoms with Gasteiger partial charge in [0.25, 0.3) is 0 Å². The van der Waals surface area contributed by atoms with E-state index >= 15 is 0 Å². The Labute approximate surface area is 149 Å². The highest BCUT2D eigenvalue weighted by atomic mass is 16.7. The van der Waals surface area contributed by atoms with Gasteiger partial charge in [0.15, 0.2) is 17.3 Å². The Bertz CT molecular complexity index is 985. The number of hydrogen-bond acceptors (Lipinski definition) is 8. The van der Waals surface area contributed by atoms with Crippen LogP contribution in [-0.2, 0) is 6.54 Å². The normalized spacial score (nSPS) is 11.7. The zero-order chi connectivity index (χ0) is 17.8. The predicted molar refractivity (Wildman–Crippen MR) is 94.2 cm³/mol. The van der Waals surface area contributed by atoms with Gasteiger partial charge in [-0.05, 0) is 29.8 Å². The van der Waals surface area contributed by atoms with Gasteiger partial charge in [-0.1, -0.05) is 18.2 Å². The summed E-state index contributed by atoms with van der Waals surface area (Å²) in [6.45, 7) is 0.758. The van der Waals surface area contributed by atoms with Crippen molar-refractivity contribution < 1.29 is 9.47 Å². The summed E-state index contributed by atoms with van der Waals surface area (Å²) in [6.07, 6.45) is 1.50. The van der Waals surface area contributed by atoms with Crippen molar-refractivity contribution in [3.05, 3.63) is 59.8 Å². The topological polar surface area (TPSA) is 105 Å². The average molecular weight is 346 g/mol. The van der Waals surface area contributed by atoms with Gasteiger partial charge in [-0.3, -0.25) is 0 Å². The highest BCUT2D eigenvalue weighted by Crippen LogP contribution is 2.32. The second-order valence-electron chi connectivity index (χ2n) is 5.49. The molecule has 0 saturated carbocycles. The second kappa shape index (κ2) is 6.94. The van der Waals surface area contributed by atoms with E-state index in [0.29, 0.717) is 29.6 Å². The van der Waals surface area contributed by atoms with Gasteiger partial charge in [-0.25, -0.2) is 0 Å². The van der Waals surface area contributed by atoms with Crippen LogP contribution in [0.2, 0.25) is 0 Å². The van der Waals surface area contributed by atoms with Crippen molar-refractivity contribution in [1.82, 2.24) is 15.2 Å². The number of aromatic nitrogens is 3. The van der Waals surface area contributed by atoms with E-state index in [1.54, 1.807) is 18.2 Å². The maximum absolute atomic E-state index is 9.16. The lowest BCUT2D eigenvalue weighted by atomic mass is 10.2. The van der Waals surface area contributed by atoms with Crippen LogP contribution < -0.4 is 20.1 Å². The summed E-state index contributed by atoms with van der Waals surface area (Å²) in [5.74, 6) is 2.35. The summed E-state index contributed by atoms with van der Waals surface area (Å²) in [6, 6.07) is 15.0. The molecule has 0 amide bonds. The van der Waals surface area contributed by atoms with Crippen molar-refractivity contribution in [2.24, 2.45) is 0 Å². The van der Waals surface area contributed by atoms with Crippen LogP contribution in [0.4, 0.5) is 17.5 Å². The largest absolute Gasteiger partial charge is 0.454 e.